The van der Waals surface area contributed by atoms with Crippen molar-refractivity contribution >= 4 is 17.9 Å². The monoisotopic (exact) mass is 240 g/mol. The molecule has 0 heterocycles. The Kier molecular flexibility index (Phi) is 5.09. The zero-order valence-electron chi connectivity index (χ0n) is 10.3. The largest absolute Gasteiger partial charge is 0.373 e. The van der Waals surface area contributed by atoms with Crippen molar-refractivity contribution in [3.8, 4) is 0 Å². The molecule has 0 aromatic heterocycles. The molecule has 0 amide bonds. The molecule has 0 radical (unpaired) electrons. The summed E-state index contributed by atoms with van der Waals surface area (Å²) in [5.41, 5.74) is 0.936. The molecule has 16 heavy (non-hydrogen) atoms. The van der Waals surface area contributed by atoms with Gasteiger partial charge in [-0.2, -0.15) is 0 Å². The molecule has 0 aliphatic heterocycles. The molecule has 4 heteroatoms. The summed E-state index contributed by atoms with van der Waals surface area (Å²) in [6.45, 7) is 5.36. The predicted molar refractivity (Wildman–Crippen MR) is 71.6 cm³/mol. The summed E-state index contributed by atoms with van der Waals surface area (Å²) >= 11 is 4.98. The third-order valence-electron chi connectivity index (χ3n) is 2.96. The molecule has 0 bridgehead atoms. The van der Waals surface area contributed by atoms with Gasteiger partial charge in [0.25, 0.3) is 0 Å². The Bertz CT molecular complexity index is 395. The summed E-state index contributed by atoms with van der Waals surface area (Å²) < 4.78 is 0.494. The minimum absolute atomic E-state index is 0.00238. The lowest BCUT2D eigenvalue weighted by Crippen LogP contribution is -2.26. The van der Waals surface area contributed by atoms with Crippen LogP contribution in [0.1, 0.15) is 19.8 Å². The van der Waals surface area contributed by atoms with E-state index in [0.29, 0.717) is 4.51 Å². The Morgan fingerprint density at radius 3 is 2.38 bits per heavy atom. The first kappa shape index (κ1) is 13.3. The van der Waals surface area contributed by atoms with Crippen molar-refractivity contribution < 1.29 is 0 Å². The molecule has 0 fully saturated rings. The van der Waals surface area contributed by atoms with Crippen LogP contribution in [0, 0.1) is 4.51 Å². The molecule has 0 spiro atoms. The summed E-state index contributed by atoms with van der Waals surface area (Å²) in [6.07, 6.45) is 2.32. The molecule has 0 atom stereocenters. The van der Waals surface area contributed by atoms with Gasteiger partial charge in [0.15, 0.2) is 0 Å². The second kappa shape index (κ2) is 6.11. The minimum atomic E-state index is 0.00238. The van der Waals surface area contributed by atoms with E-state index in [-0.39, 0.29) is 5.43 Å². The van der Waals surface area contributed by atoms with Gasteiger partial charge in [-0.25, -0.2) is 0 Å². The number of anilines is 1. The molecular formula is C12H20N2OS. The van der Waals surface area contributed by atoms with Crippen molar-refractivity contribution in [3.05, 3.63) is 20.8 Å². The topological polar surface area (TPSA) is 23.6 Å². The van der Waals surface area contributed by atoms with Gasteiger partial charge in [0, 0.05) is 19.7 Å². The summed E-state index contributed by atoms with van der Waals surface area (Å²) in [5, 5.41) is 0. The van der Waals surface area contributed by atoms with E-state index < -0.39 is 0 Å². The molecular weight excluding hydrogens is 220 g/mol. The Labute approximate surface area is 102 Å². The SMILES string of the molecule is CCN(C)CCCCN(C)c1cc(=O)c1=S. The third-order valence-corrected chi connectivity index (χ3v) is 3.37. The molecule has 0 saturated carbocycles. The maximum atomic E-state index is 11.0. The van der Waals surface area contributed by atoms with Crippen molar-refractivity contribution in [2.24, 2.45) is 0 Å². The van der Waals surface area contributed by atoms with Crippen LogP contribution < -0.4 is 10.3 Å². The van der Waals surface area contributed by atoms with E-state index in [1.54, 1.807) is 6.07 Å². The van der Waals surface area contributed by atoms with Gasteiger partial charge in [-0.15, -0.1) is 0 Å². The van der Waals surface area contributed by atoms with Crippen LogP contribution >= 0.6 is 12.2 Å². The maximum Gasteiger partial charge on any atom is 0.200 e. The highest BCUT2D eigenvalue weighted by molar-refractivity contribution is 7.71. The quantitative estimate of drug-likeness (QED) is 0.536. The lowest BCUT2D eigenvalue weighted by atomic mass is 10.2. The van der Waals surface area contributed by atoms with Crippen molar-refractivity contribution in [2.45, 2.75) is 19.8 Å². The Hall–Kier alpha value is -0.740. The van der Waals surface area contributed by atoms with E-state index in [9.17, 15) is 4.79 Å². The van der Waals surface area contributed by atoms with Gasteiger partial charge < -0.3 is 9.80 Å². The predicted octanol–water partition coefficient (Wildman–Crippen LogP) is 1.82. The Balaban J connectivity index is 2.22. The van der Waals surface area contributed by atoms with Crippen molar-refractivity contribution in [1.29, 1.82) is 0 Å². The lowest BCUT2D eigenvalue weighted by molar-refractivity contribution is 0.344. The zero-order chi connectivity index (χ0) is 12.1. The number of rotatable bonds is 7. The molecule has 0 unspecified atom stereocenters. The van der Waals surface area contributed by atoms with Crippen LogP contribution in [0.4, 0.5) is 5.69 Å². The fraction of sp³-hybridized carbons (Fsp3) is 0.667. The van der Waals surface area contributed by atoms with Crippen LogP contribution in [0.15, 0.2) is 10.9 Å². The fourth-order valence-electron chi connectivity index (χ4n) is 1.60. The highest BCUT2D eigenvalue weighted by Gasteiger charge is 2.09. The third kappa shape index (κ3) is 3.39. The summed E-state index contributed by atoms with van der Waals surface area (Å²) in [6, 6.07) is 1.63. The molecule has 1 aromatic carbocycles. The Morgan fingerprint density at radius 1 is 1.25 bits per heavy atom. The van der Waals surface area contributed by atoms with Crippen LogP contribution in [-0.4, -0.2) is 38.6 Å². The van der Waals surface area contributed by atoms with Crippen molar-refractivity contribution in [1.82, 2.24) is 4.90 Å². The number of hydrogen-bond acceptors (Lipinski definition) is 4. The van der Waals surface area contributed by atoms with Gasteiger partial charge in [0.1, 0.15) is 4.51 Å². The van der Waals surface area contributed by atoms with E-state index in [0.717, 1.165) is 31.7 Å². The summed E-state index contributed by atoms with van der Waals surface area (Å²) in [7, 11) is 4.13. The highest BCUT2D eigenvalue weighted by Crippen LogP contribution is 2.14. The second-order valence-corrected chi connectivity index (χ2v) is 4.66. The summed E-state index contributed by atoms with van der Waals surface area (Å²) in [5.74, 6) is 0. The highest BCUT2D eigenvalue weighted by atomic mass is 32.1. The Morgan fingerprint density at radius 2 is 1.88 bits per heavy atom. The molecule has 1 rings (SSSR count). The first-order chi connectivity index (χ1) is 7.56. The van der Waals surface area contributed by atoms with Crippen molar-refractivity contribution in [3.63, 3.8) is 0 Å². The zero-order valence-corrected chi connectivity index (χ0v) is 11.1. The van der Waals surface area contributed by atoms with Gasteiger partial charge in [-0.05, 0) is 33.0 Å². The van der Waals surface area contributed by atoms with E-state index in [2.05, 4.69) is 23.8 Å². The number of hydrogen-bond donors (Lipinski definition) is 0. The number of nitrogens with zero attached hydrogens (tertiary/aromatic N) is 2. The van der Waals surface area contributed by atoms with E-state index in [4.69, 9.17) is 12.2 Å². The maximum absolute atomic E-state index is 11.0. The van der Waals surface area contributed by atoms with Crippen molar-refractivity contribution in [2.75, 3.05) is 38.6 Å². The first-order valence-electron chi connectivity index (χ1n) is 5.76. The fourth-order valence-corrected chi connectivity index (χ4v) is 1.87. The van der Waals surface area contributed by atoms with Crippen LogP contribution in [0.25, 0.3) is 0 Å². The van der Waals surface area contributed by atoms with Gasteiger partial charge in [0.05, 0.1) is 5.69 Å². The van der Waals surface area contributed by atoms with Crippen LogP contribution in [0.3, 0.4) is 0 Å². The van der Waals surface area contributed by atoms with Gasteiger partial charge in [-0.1, -0.05) is 19.1 Å². The van der Waals surface area contributed by atoms with Gasteiger partial charge >= 0.3 is 0 Å². The standard InChI is InChI=1S/C12H20N2OS/c1-4-13(2)7-5-6-8-14(3)10-9-11(15)12(10)16/h9H,4-8H2,1-3H3. The van der Waals surface area contributed by atoms with Gasteiger partial charge in [0.2, 0.25) is 5.43 Å². The first-order valence-corrected chi connectivity index (χ1v) is 6.17. The van der Waals surface area contributed by atoms with E-state index in [1.807, 2.05) is 7.05 Å². The molecule has 0 N–H and O–H groups in total. The molecule has 0 saturated heterocycles. The molecule has 0 aliphatic rings. The van der Waals surface area contributed by atoms with Crippen LogP contribution in [0.2, 0.25) is 0 Å². The average Bonchev–Trinajstić information content (AvgIpc) is 2.30. The summed E-state index contributed by atoms with van der Waals surface area (Å²) in [4.78, 5) is 15.3. The molecule has 1 aromatic rings. The second-order valence-electron chi connectivity index (χ2n) is 4.25. The molecule has 90 valence electrons. The minimum Gasteiger partial charge on any atom is -0.373 e. The van der Waals surface area contributed by atoms with E-state index in [1.165, 1.54) is 6.42 Å². The smallest absolute Gasteiger partial charge is 0.200 e. The van der Waals surface area contributed by atoms with Crippen LogP contribution in [-0.2, 0) is 0 Å². The van der Waals surface area contributed by atoms with Gasteiger partial charge in [-0.3, -0.25) is 4.79 Å². The van der Waals surface area contributed by atoms with E-state index >= 15 is 0 Å². The molecule has 3 nitrogen and oxygen atoms in total. The number of unbranched alkanes of at least 4 members (excludes halogenated alkanes) is 1. The lowest BCUT2D eigenvalue weighted by Gasteiger charge is -2.21. The normalized spacial score (nSPS) is 11.2. The average molecular weight is 240 g/mol. The van der Waals surface area contributed by atoms with Crippen LogP contribution in [0.5, 0.6) is 0 Å². The molecule has 0 aliphatic carbocycles.